The number of carbonyl (C=O) groups is 2. The zero-order valence-electron chi connectivity index (χ0n) is 22.0. The van der Waals surface area contributed by atoms with Gasteiger partial charge in [0.15, 0.2) is 0 Å². The van der Waals surface area contributed by atoms with E-state index in [0.29, 0.717) is 22.2 Å². The predicted octanol–water partition coefficient (Wildman–Crippen LogP) is 6.79. The maximum Gasteiger partial charge on any atom is 0.243 e. The molecule has 0 unspecified atom stereocenters. The number of carbonyl (C=O) groups excluding carboxylic acids is 2. The van der Waals surface area contributed by atoms with Crippen LogP contribution in [0.25, 0.3) is 0 Å². The van der Waals surface area contributed by atoms with E-state index in [1.54, 1.807) is 24.1 Å². The number of hydrogen-bond acceptors (Lipinski definition) is 4. The summed E-state index contributed by atoms with van der Waals surface area (Å²) in [7, 11) is 1.63. The number of halogens is 2. The molecule has 0 saturated heterocycles. The Kier molecular flexibility index (Phi) is 11.8. The van der Waals surface area contributed by atoms with Gasteiger partial charge in [-0.3, -0.25) is 9.59 Å². The number of rotatable bonds is 13. The third-order valence-electron chi connectivity index (χ3n) is 6.28. The predicted molar refractivity (Wildman–Crippen MR) is 158 cm³/mol. The SMILES string of the molecule is CC[C@H](C)NC(=O)[C@H](Cc1ccccc1)N(Cc1ccc(Cl)cc1Cl)C(=O)CSCc1ccc(OC)cc1. The zero-order valence-corrected chi connectivity index (χ0v) is 24.3. The summed E-state index contributed by atoms with van der Waals surface area (Å²) >= 11 is 14.1. The number of nitrogens with one attached hydrogen (secondary N) is 1. The van der Waals surface area contributed by atoms with Crippen LogP contribution in [0.3, 0.4) is 0 Å². The molecule has 0 spiro atoms. The van der Waals surface area contributed by atoms with Crippen molar-refractivity contribution in [1.82, 2.24) is 10.2 Å². The van der Waals surface area contributed by atoms with Gasteiger partial charge in [0, 0.05) is 34.8 Å². The lowest BCUT2D eigenvalue weighted by atomic mass is 10.0. The molecule has 0 aromatic heterocycles. The van der Waals surface area contributed by atoms with Crippen LogP contribution in [-0.4, -0.2) is 41.7 Å². The summed E-state index contributed by atoms with van der Waals surface area (Å²) in [6, 6.07) is 22.0. The Bertz CT molecular complexity index is 1190. The molecule has 1 N–H and O–H groups in total. The third kappa shape index (κ3) is 8.97. The Balaban J connectivity index is 1.86. The van der Waals surface area contributed by atoms with Crippen molar-refractivity contribution < 1.29 is 14.3 Å². The van der Waals surface area contributed by atoms with E-state index in [-0.39, 0.29) is 30.2 Å². The Morgan fingerprint density at radius 2 is 1.71 bits per heavy atom. The number of ether oxygens (including phenoxy) is 1. The molecule has 3 aromatic carbocycles. The monoisotopic (exact) mass is 572 g/mol. The van der Waals surface area contributed by atoms with E-state index in [2.05, 4.69) is 5.32 Å². The molecule has 5 nitrogen and oxygen atoms in total. The van der Waals surface area contributed by atoms with Crippen LogP contribution in [0.15, 0.2) is 72.8 Å². The maximum absolute atomic E-state index is 13.7. The van der Waals surface area contributed by atoms with Crippen molar-refractivity contribution in [2.75, 3.05) is 12.9 Å². The summed E-state index contributed by atoms with van der Waals surface area (Å²) in [5, 5.41) is 4.06. The molecular formula is C30H34Cl2N2O3S. The molecule has 0 aliphatic carbocycles. The Morgan fingerprint density at radius 1 is 1.00 bits per heavy atom. The minimum atomic E-state index is -0.702. The van der Waals surface area contributed by atoms with E-state index in [0.717, 1.165) is 28.9 Å². The highest BCUT2D eigenvalue weighted by Crippen LogP contribution is 2.25. The van der Waals surface area contributed by atoms with Crippen LogP contribution in [-0.2, 0) is 28.3 Å². The van der Waals surface area contributed by atoms with Gasteiger partial charge in [0.2, 0.25) is 11.8 Å². The number of thioether (sulfide) groups is 1. The summed E-state index contributed by atoms with van der Waals surface area (Å²) in [6.07, 6.45) is 1.18. The molecule has 3 aromatic rings. The smallest absolute Gasteiger partial charge is 0.243 e. The highest BCUT2D eigenvalue weighted by atomic mass is 35.5. The topological polar surface area (TPSA) is 58.6 Å². The minimum absolute atomic E-state index is 0.0127. The van der Waals surface area contributed by atoms with E-state index in [4.69, 9.17) is 27.9 Å². The summed E-state index contributed by atoms with van der Waals surface area (Å²) in [4.78, 5) is 29.0. The van der Waals surface area contributed by atoms with E-state index < -0.39 is 6.04 Å². The maximum atomic E-state index is 13.7. The van der Waals surface area contributed by atoms with Crippen molar-refractivity contribution in [3.63, 3.8) is 0 Å². The first-order valence-electron chi connectivity index (χ1n) is 12.6. The average Bonchev–Trinajstić information content (AvgIpc) is 2.92. The molecule has 0 saturated carbocycles. The Labute approximate surface area is 239 Å². The van der Waals surface area contributed by atoms with E-state index >= 15 is 0 Å². The third-order valence-corrected chi connectivity index (χ3v) is 7.86. The molecule has 0 radical (unpaired) electrons. The quantitative estimate of drug-likeness (QED) is 0.245. The van der Waals surface area contributed by atoms with Gasteiger partial charge in [-0.1, -0.05) is 78.7 Å². The first-order valence-corrected chi connectivity index (χ1v) is 14.5. The number of hydrogen-bond donors (Lipinski definition) is 1. The molecule has 0 fully saturated rings. The Morgan fingerprint density at radius 3 is 2.34 bits per heavy atom. The molecule has 38 heavy (non-hydrogen) atoms. The fourth-order valence-electron chi connectivity index (χ4n) is 3.89. The first-order chi connectivity index (χ1) is 18.3. The van der Waals surface area contributed by atoms with Gasteiger partial charge in [-0.15, -0.1) is 11.8 Å². The summed E-state index contributed by atoms with van der Waals surface area (Å²) in [5.41, 5.74) is 2.80. The van der Waals surface area contributed by atoms with Crippen LogP contribution in [0, 0.1) is 0 Å². The Hall–Kier alpha value is -2.67. The summed E-state index contributed by atoms with van der Waals surface area (Å²) in [6.45, 7) is 4.18. The van der Waals surface area contributed by atoms with Gasteiger partial charge in [-0.05, 0) is 54.3 Å². The number of methoxy groups -OCH3 is 1. The molecule has 202 valence electrons. The minimum Gasteiger partial charge on any atom is -0.497 e. The van der Waals surface area contributed by atoms with Crippen molar-refractivity contribution >= 4 is 46.8 Å². The highest BCUT2D eigenvalue weighted by Gasteiger charge is 2.31. The normalized spacial score (nSPS) is 12.4. The number of nitrogens with zero attached hydrogens (tertiary/aromatic N) is 1. The van der Waals surface area contributed by atoms with Gasteiger partial charge in [-0.2, -0.15) is 0 Å². The van der Waals surface area contributed by atoms with Crippen molar-refractivity contribution in [2.24, 2.45) is 0 Å². The highest BCUT2D eigenvalue weighted by molar-refractivity contribution is 7.99. The largest absolute Gasteiger partial charge is 0.497 e. The molecule has 3 rings (SSSR count). The fourth-order valence-corrected chi connectivity index (χ4v) is 5.23. The van der Waals surface area contributed by atoms with Crippen LogP contribution in [0.1, 0.15) is 37.0 Å². The van der Waals surface area contributed by atoms with Crippen LogP contribution in [0.4, 0.5) is 0 Å². The van der Waals surface area contributed by atoms with Gasteiger partial charge in [0.1, 0.15) is 11.8 Å². The molecule has 0 bridgehead atoms. The summed E-state index contributed by atoms with van der Waals surface area (Å²) < 4.78 is 5.23. The second-order valence-corrected chi connectivity index (χ2v) is 11.0. The zero-order chi connectivity index (χ0) is 27.5. The van der Waals surface area contributed by atoms with Gasteiger partial charge >= 0.3 is 0 Å². The van der Waals surface area contributed by atoms with Crippen molar-refractivity contribution in [1.29, 1.82) is 0 Å². The lowest BCUT2D eigenvalue weighted by Gasteiger charge is -2.32. The summed E-state index contributed by atoms with van der Waals surface area (Å²) in [5.74, 6) is 1.36. The molecular weight excluding hydrogens is 539 g/mol. The van der Waals surface area contributed by atoms with Gasteiger partial charge in [0.05, 0.1) is 12.9 Å². The first kappa shape index (κ1) is 29.9. The van der Waals surface area contributed by atoms with Crippen molar-refractivity contribution in [3.8, 4) is 5.75 Å². The molecule has 0 aliphatic heterocycles. The van der Waals surface area contributed by atoms with E-state index in [1.165, 1.54) is 11.8 Å². The van der Waals surface area contributed by atoms with Crippen LogP contribution in [0.2, 0.25) is 10.0 Å². The number of amides is 2. The molecule has 8 heteroatoms. The molecule has 2 atom stereocenters. The van der Waals surface area contributed by atoms with Crippen LogP contribution < -0.4 is 10.1 Å². The van der Waals surface area contributed by atoms with Crippen LogP contribution in [0.5, 0.6) is 5.75 Å². The number of benzene rings is 3. The van der Waals surface area contributed by atoms with Gasteiger partial charge < -0.3 is 15.0 Å². The average molecular weight is 574 g/mol. The van der Waals surface area contributed by atoms with Crippen molar-refractivity contribution in [2.45, 2.75) is 51.1 Å². The standard InChI is InChI=1S/C30H34Cl2N2O3S/c1-4-21(2)33-30(36)28(16-22-8-6-5-7-9-22)34(18-24-12-13-25(31)17-27(24)32)29(35)20-38-19-23-10-14-26(37-3)15-11-23/h5-15,17,21,28H,4,16,18-20H2,1-3H3,(H,33,36)/t21-,28-/m0/s1. The molecule has 2 amide bonds. The van der Waals surface area contributed by atoms with E-state index in [1.807, 2.05) is 74.5 Å². The lowest BCUT2D eigenvalue weighted by Crippen LogP contribution is -2.52. The van der Waals surface area contributed by atoms with Crippen LogP contribution >= 0.6 is 35.0 Å². The van der Waals surface area contributed by atoms with E-state index in [9.17, 15) is 9.59 Å². The fraction of sp³-hybridized carbons (Fsp3) is 0.333. The van der Waals surface area contributed by atoms with Gasteiger partial charge in [0.25, 0.3) is 0 Å². The lowest BCUT2D eigenvalue weighted by molar-refractivity contribution is -0.139. The second-order valence-electron chi connectivity index (χ2n) is 9.12. The van der Waals surface area contributed by atoms with Gasteiger partial charge in [-0.25, -0.2) is 0 Å². The second kappa shape index (κ2) is 15.1. The van der Waals surface area contributed by atoms with Crippen molar-refractivity contribution in [3.05, 3.63) is 99.5 Å². The molecule has 0 heterocycles. The molecule has 0 aliphatic rings.